The third kappa shape index (κ3) is 3.75. The van der Waals surface area contributed by atoms with Crippen LogP contribution >= 0.6 is 11.6 Å². The summed E-state index contributed by atoms with van der Waals surface area (Å²) in [7, 11) is 4.89. The predicted molar refractivity (Wildman–Crippen MR) is 104 cm³/mol. The van der Waals surface area contributed by atoms with E-state index in [0.717, 1.165) is 22.3 Å². The lowest BCUT2D eigenvalue weighted by atomic mass is 10.0. The standard InChI is InChI=1S/C21H20ClNO3/c1-24-19-6-4-5-15(20(19)25-2)11-16-12-17(13-23-21(16)26-3)14-7-9-18(22)10-8-14/h4-10,12-13H,11H2,1-3H3. The Hall–Kier alpha value is -2.72. The van der Waals surface area contributed by atoms with Crippen LogP contribution in [0.2, 0.25) is 5.02 Å². The van der Waals surface area contributed by atoms with Gasteiger partial charge in [0.2, 0.25) is 5.88 Å². The van der Waals surface area contributed by atoms with Crippen LogP contribution in [-0.4, -0.2) is 26.3 Å². The normalized spacial score (nSPS) is 10.5. The van der Waals surface area contributed by atoms with E-state index in [-0.39, 0.29) is 0 Å². The van der Waals surface area contributed by atoms with Gasteiger partial charge in [0.25, 0.3) is 0 Å². The molecule has 0 spiro atoms. The lowest BCUT2D eigenvalue weighted by Gasteiger charge is -2.14. The lowest BCUT2D eigenvalue weighted by molar-refractivity contribution is 0.352. The summed E-state index contributed by atoms with van der Waals surface area (Å²) in [6.45, 7) is 0. The van der Waals surface area contributed by atoms with Gasteiger partial charge < -0.3 is 14.2 Å². The number of hydrogen-bond acceptors (Lipinski definition) is 4. The Kier molecular flexibility index (Phi) is 5.64. The molecule has 4 nitrogen and oxygen atoms in total. The van der Waals surface area contributed by atoms with E-state index in [9.17, 15) is 0 Å². The van der Waals surface area contributed by atoms with Crippen LogP contribution in [0, 0.1) is 0 Å². The quantitative estimate of drug-likeness (QED) is 0.611. The topological polar surface area (TPSA) is 40.6 Å². The predicted octanol–water partition coefficient (Wildman–Crippen LogP) is 5.02. The van der Waals surface area contributed by atoms with Gasteiger partial charge in [0.15, 0.2) is 11.5 Å². The van der Waals surface area contributed by atoms with Crippen LogP contribution in [0.5, 0.6) is 17.4 Å². The third-order valence-corrected chi connectivity index (χ3v) is 4.41. The van der Waals surface area contributed by atoms with Crippen molar-refractivity contribution in [3.05, 3.63) is 70.9 Å². The van der Waals surface area contributed by atoms with Crippen molar-refractivity contribution in [1.29, 1.82) is 0 Å². The zero-order valence-corrected chi connectivity index (χ0v) is 15.7. The number of methoxy groups -OCH3 is 3. The van der Waals surface area contributed by atoms with Crippen molar-refractivity contribution in [2.45, 2.75) is 6.42 Å². The minimum Gasteiger partial charge on any atom is -0.493 e. The van der Waals surface area contributed by atoms with Gasteiger partial charge in [-0.05, 0) is 29.8 Å². The molecule has 1 heterocycles. The molecule has 0 bridgehead atoms. The first kappa shape index (κ1) is 18.1. The van der Waals surface area contributed by atoms with Gasteiger partial charge in [-0.15, -0.1) is 0 Å². The first-order chi connectivity index (χ1) is 12.7. The number of benzene rings is 2. The summed E-state index contributed by atoms with van der Waals surface area (Å²) in [5, 5.41) is 0.705. The number of hydrogen-bond donors (Lipinski definition) is 0. The maximum absolute atomic E-state index is 5.99. The van der Waals surface area contributed by atoms with Gasteiger partial charge >= 0.3 is 0 Å². The van der Waals surface area contributed by atoms with Crippen molar-refractivity contribution in [2.75, 3.05) is 21.3 Å². The molecule has 0 N–H and O–H groups in total. The Morgan fingerprint density at radius 3 is 2.27 bits per heavy atom. The molecule has 3 rings (SSSR count). The monoisotopic (exact) mass is 369 g/mol. The number of aromatic nitrogens is 1. The Morgan fingerprint density at radius 1 is 0.846 bits per heavy atom. The second-order valence-electron chi connectivity index (χ2n) is 5.73. The molecule has 0 saturated heterocycles. The Bertz CT molecular complexity index is 894. The van der Waals surface area contributed by atoms with Crippen molar-refractivity contribution in [2.24, 2.45) is 0 Å². The average Bonchev–Trinajstić information content (AvgIpc) is 2.68. The summed E-state index contributed by atoms with van der Waals surface area (Å²) in [5.74, 6) is 2.01. The Morgan fingerprint density at radius 2 is 1.62 bits per heavy atom. The molecule has 2 aromatic carbocycles. The van der Waals surface area contributed by atoms with Crippen molar-refractivity contribution in [3.63, 3.8) is 0 Å². The molecule has 0 aliphatic carbocycles. The van der Waals surface area contributed by atoms with E-state index in [1.807, 2.05) is 42.5 Å². The SMILES string of the molecule is COc1cccc(Cc2cc(-c3ccc(Cl)cc3)cnc2OC)c1OC. The first-order valence-corrected chi connectivity index (χ1v) is 8.52. The number of halogens is 1. The Balaban J connectivity index is 2.02. The minimum absolute atomic E-state index is 0.590. The van der Waals surface area contributed by atoms with Crippen LogP contribution in [0.4, 0.5) is 0 Å². The van der Waals surface area contributed by atoms with Crippen molar-refractivity contribution in [1.82, 2.24) is 4.98 Å². The summed E-state index contributed by atoms with van der Waals surface area (Å²) in [4.78, 5) is 4.46. The van der Waals surface area contributed by atoms with Crippen LogP contribution in [0.25, 0.3) is 11.1 Å². The number of para-hydroxylation sites is 1. The van der Waals surface area contributed by atoms with Crippen LogP contribution in [0.1, 0.15) is 11.1 Å². The zero-order valence-electron chi connectivity index (χ0n) is 15.0. The van der Waals surface area contributed by atoms with Crippen LogP contribution < -0.4 is 14.2 Å². The Labute approximate surface area is 158 Å². The zero-order chi connectivity index (χ0) is 18.5. The summed E-state index contributed by atoms with van der Waals surface area (Å²) in [6.07, 6.45) is 2.41. The van der Waals surface area contributed by atoms with Crippen molar-refractivity contribution in [3.8, 4) is 28.5 Å². The maximum atomic E-state index is 5.99. The average molecular weight is 370 g/mol. The molecule has 0 fully saturated rings. The van der Waals surface area contributed by atoms with Crippen LogP contribution in [0.15, 0.2) is 54.7 Å². The van der Waals surface area contributed by atoms with E-state index in [0.29, 0.717) is 28.8 Å². The molecule has 5 heteroatoms. The second kappa shape index (κ2) is 8.11. The maximum Gasteiger partial charge on any atom is 0.216 e. The number of rotatable bonds is 6. The summed E-state index contributed by atoms with van der Waals surface area (Å²) < 4.78 is 16.4. The van der Waals surface area contributed by atoms with Gasteiger partial charge in [-0.25, -0.2) is 4.98 Å². The fourth-order valence-electron chi connectivity index (χ4n) is 2.91. The number of ether oxygens (including phenoxy) is 3. The van der Waals surface area contributed by atoms with E-state index in [1.54, 1.807) is 27.5 Å². The van der Waals surface area contributed by atoms with E-state index >= 15 is 0 Å². The number of pyridine rings is 1. The van der Waals surface area contributed by atoms with E-state index in [2.05, 4.69) is 11.1 Å². The highest BCUT2D eigenvalue weighted by molar-refractivity contribution is 6.30. The lowest BCUT2D eigenvalue weighted by Crippen LogP contribution is -2.00. The smallest absolute Gasteiger partial charge is 0.216 e. The molecule has 0 atom stereocenters. The third-order valence-electron chi connectivity index (χ3n) is 4.16. The molecule has 134 valence electrons. The fourth-order valence-corrected chi connectivity index (χ4v) is 3.03. The fraction of sp³-hybridized carbons (Fsp3) is 0.190. The van der Waals surface area contributed by atoms with Gasteiger partial charge in [-0.1, -0.05) is 35.9 Å². The molecule has 0 amide bonds. The highest BCUT2D eigenvalue weighted by Crippen LogP contribution is 2.34. The highest BCUT2D eigenvalue weighted by Gasteiger charge is 2.14. The van der Waals surface area contributed by atoms with Gasteiger partial charge in [0, 0.05) is 34.3 Å². The molecule has 0 aliphatic heterocycles. The van der Waals surface area contributed by atoms with E-state index in [4.69, 9.17) is 25.8 Å². The molecule has 0 aliphatic rings. The van der Waals surface area contributed by atoms with Crippen molar-refractivity contribution >= 4 is 11.6 Å². The molecular weight excluding hydrogens is 350 g/mol. The molecule has 3 aromatic rings. The molecular formula is C21H20ClNO3. The number of nitrogens with zero attached hydrogens (tertiary/aromatic N) is 1. The molecule has 0 unspecified atom stereocenters. The summed E-state index contributed by atoms with van der Waals surface area (Å²) in [5.41, 5.74) is 4.01. The van der Waals surface area contributed by atoms with E-state index < -0.39 is 0 Å². The van der Waals surface area contributed by atoms with Gasteiger partial charge in [0.1, 0.15) is 0 Å². The molecule has 0 radical (unpaired) electrons. The summed E-state index contributed by atoms with van der Waals surface area (Å²) >= 11 is 5.99. The molecule has 1 aromatic heterocycles. The highest BCUT2D eigenvalue weighted by atomic mass is 35.5. The van der Waals surface area contributed by atoms with Gasteiger partial charge in [-0.2, -0.15) is 0 Å². The second-order valence-corrected chi connectivity index (χ2v) is 6.17. The largest absolute Gasteiger partial charge is 0.493 e. The minimum atomic E-state index is 0.590. The van der Waals surface area contributed by atoms with Gasteiger partial charge in [0.05, 0.1) is 21.3 Å². The summed E-state index contributed by atoms with van der Waals surface area (Å²) in [6, 6.07) is 15.6. The van der Waals surface area contributed by atoms with Gasteiger partial charge in [-0.3, -0.25) is 0 Å². The van der Waals surface area contributed by atoms with Crippen LogP contribution in [0.3, 0.4) is 0 Å². The first-order valence-electron chi connectivity index (χ1n) is 8.15. The van der Waals surface area contributed by atoms with Crippen LogP contribution in [-0.2, 0) is 6.42 Å². The van der Waals surface area contributed by atoms with E-state index in [1.165, 1.54) is 0 Å². The van der Waals surface area contributed by atoms with Crippen molar-refractivity contribution < 1.29 is 14.2 Å². The molecule has 0 saturated carbocycles. The molecule has 26 heavy (non-hydrogen) atoms.